The molecule has 3 N–H and O–H groups in total. The van der Waals surface area contributed by atoms with Gasteiger partial charge in [0, 0.05) is 29.9 Å². The number of ether oxygens (including phenoxy) is 1. The van der Waals surface area contributed by atoms with Crippen molar-refractivity contribution in [1.29, 1.82) is 0 Å². The number of H-pyrrole nitrogens is 1. The lowest BCUT2D eigenvalue weighted by molar-refractivity contribution is -0.126. The number of nitrogens with one attached hydrogen (secondary N) is 3. The highest BCUT2D eigenvalue weighted by Gasteiger charge is 2.49. The monoisotopic (exact) mass is 490 g/mol. The predicted octanol–water partition coefficient (Wildman–Crippen LogP) is 2.99. The van der Waals surface area contributed by atoms with Crippen molar-refractivity contribution in [2.24, 2.45) is 11.3 Å². The number of amides is 3. The summed E-state index contributed by atoms with van der Waals surface area (Å²) < 4.78 is 5.46. The first kappa shape index (κ1) is 24.2. The smallest absolute Gasteiger partial charge is 0.271 e. The number of likely N-dealkylation sites (tertiary alicyclic amines) is 1. The van der Waals surface area contributed by atoms with Crippen LogP contribution in [0.25, 0.3) is 10.9 Å². The highest BCUT2D eigenvalue weighted by Crippen LogP contribution is 2.47. The van der Waals surface area contributed by atoms with E-state index in [0.29, 0.717) is 43.8 Å². The molecule has 0 radical (unpaired) electrons. The summed E-state index contributed by atoms with van der Waals surface area (Å²) in [5.41, 5.74) is 1.21. The van der Waals surface area contributed by atoms with Crippen molar-refractivity contribution in [2.45, 2.75) is 63.5 Å². The number of terminal acetylenes is 1. The van der Waals surface area contributed by atoms with Crippen LogP contribution in [0, 0.1) is 23.7 Å². The zero-order chi connectivity index (χ0) is 25.3. The summed E-state index contributed by atoms with van der Waals surface area (Å²) in [5, 5.41) is 6.63. The lowest BCUT2D eigenvalue weighted by atomic mass is 9.72. The fourth-order valence-electron chi connectivity index (χ4n) is 6.33. The van der Waals surface area contributed by atoms with Gasteiger partial charge in [-0.1, -0.05) is 31.2 Å². The summed E-state index contributed by atoms with van der Waals surface area (Å²) in [4.78, 5) is 44.4. The molecule has 3 atom stereocenters. The Balaban J connectivity index is 1.39. The lowest BCUT2D eigenvalue weighted by Gasteiger charge is -2.32. The van der Waals surface area contributed by atoms with E-state index >= 15 is 0 Å². The summed E-state index contributed by atoms with van der Waals surface area (Å²) in [5.74, 6) is 2.70. The maximum atomic E-state index is 13.8. The topological polar surface area (TPSA) is 104 Å². The predicted molar refractivity (Wildman–Crippen MR) is 136 cm³/mol. The summed E-state index contributed by atoms with van der Waals surface area (Å²) in [6, 6.07) is 6.29. The number of benzene rings is 1. The first-order valence-electron chi connectivity index (χ1n) is 12.9. The first-order valence-corrected chi connectivity index (χ1v) is 12.9. The zero-order valence-electron chi connectivity index (χ0n) is 20.8. The molecule has 8 nitrogen and oxygen atoms in total. The molecule has 1 spiro atoms. The molecule has 1 aromatic carbocycles. The molecule has 3 fully saturated rings. The number of carbonyl (C=O) groups is 3. The molecule has 1 saturated carbocycles. The fraction of sp³-hybridized carbons (Fsp3) is 0.536. The third-order valence-electron chi connectivity index (χ3n) is 8.26. The summed E-state index contributed by atoms with van der Waals surface area (Å²) >= 11 is 0. The fourth-order valence-corrected chi connectivity index (χ4v) is 6.33. The first-order chi connectivity index (χ1) is 17.4. The standard InChI is InChI=1S/C28H34N4O4/c1-3-19(14-18-10-13-29-25(18)33)30-26(34)23-16-28(11-5-4-6-12-28)17-32(23)27(35)22-15-20-21(31-22)8-7-9-24(20)36-2/h1,7-9,15,18-19,23,31H,4-6,10-14,16-17H2,2H3,(H,29,33)(H,30,34)/t18-,19+,23?/m0/s1. The molecule has 2 aromatic rings. The van der Waals surface area contributed by atoms with Gasteiger partial charge in [-0.2, -0.15) is 0 Å². The molecule has 5 rings (SSSR count). The molecule has 2 aliphatic heterocycles. The Bertz CT molecular complexity index is 1210. The number of carbonyl (C=O) groups excluding carboxylic acids is 3. The van der Waals surface area contributed by atoms with Crippen LogP contribution in [-0.2, 0) is 9.59 Å². The van der Waals surface area contributed by atoms with Gasteiger partial charge in [0.05, 0.1) is 13.2 Å². The van der Waals surface area contributed by atoms with Gasteiger partial charge in [-0.15, -0.1) is 6.42 Å². The van der Waals surface area contributed by atoms with Gasteiger partial charge in [-0.3, -0.25) is 14.4 Å². The van der Waals surface area contributed by atoms with Crippen molar-refractivity contribution < 1.29 is 19.1 Å². The van der Waals surface area contributed by atoms with Gasteiger partial charge >= 0.3 is 0 Å². The number of methoxy groups -OCH3 is 1. The van der Waals surface area contributed by atoms with Crippen LogP contribution in [0.5, 0.6) is 5.75 Å². The minimum atomic E-state index is -0.600. The summed E-state index contributed by atoms with van der Waals surface area (Å²) in [7, 11) is 1.61. The van der Waals surface area contributed by atoms with Gasteiger partial charge in [0.15, 0.2) is 0 Å². The van der Waals surface area contributed by atoms with Crippen LogP contribution < -0.4 is 15.4 Å². The minimum absolute atomic E-state index is 0.0161. The highest BCUT2D eigenvalue weighted by atomic mass is 16.5. The molecular formula is C28H34N4O4. The molecule has 36 heavy (non-hydrogen) atoms. The van der Waals surface area contributed by atoms with Crippen LogP contribution in [0.15, 0.2) is 24.3 Å². The number of hydrogen-bond acceptors (Lipinski definition) is 4. The maximum Gasteiger partial charge on any atom is 0.271 e. The van der Waals surface area contributed by atoms with Crippen LogP contribution in [0.1, 0.15) is 61.9 Å². The molecule has 8 heteroatoms. The van der Waals surface area contributed by atoms with Crippen LogP contribution in [0.4, 0.5) is 0 Å². The van der Waals surface area contributed by atoms with Crippen LogP contribution in [0.2, 0.25) is 0 Å². The largest absolute Gasteiger partial charge is 0.496 e. The van der Waals surface area contributed by atoms with Crippen molar-refractivity contribution in [3.05, 3.63) is 30.0 Å². The van der Waals surface area contributed by atoms with Gasteiger partial charge in [0.2, 0.25) is 11.8 Å². The Labute approximate surface area is 211 Å². The lowest BCUT2D eigenvalue weighted by Crippen LogP contribution is -2.49. The van der Waals surface area contributed by atoms with Crippen LogP contribution in [-0.4, -0.2) is 59.9 Å². The second-order valence-corrected chi connectivity index (χ2v) is 10.6. The Morgan fingerprint density at radius 2 is 2.11 bits per heavy atom. The van der Waals surface area contributed by atoms with Gasteiger partial charge in [0.1, 0.15) is 17.5 Å². The Morgan fingerprint density at radius 3 is 2.81 bits per heavy atom. The number of hydrogen-bond donors (Lipinski definition) is 3. The van der Waals surface area contributed by atoms with E-state index in [1.165, 1.54) is 6.42 Å². The number of aromatic nitrogens is 1. The molecular weight excluding hydrogens is 456 g/mol. The summed E-state index contributed by atoms with van der Waals surface area (Å²) in [6.07, 6.45) is 12.9. The normalized spacial score (nSPS) is 23.9. The molecule has 3 heterocycles. The van der Waals surface area contributed by atoms with Crippen LogP contribution >= 0.6 is 0 Å². The van der Waals surface area contributed by atoms with E-state index in [-0.39, 0.29) is 29.1 Å². The van der Waals surface area contributed by atoms with Gasteiger partial charge in [0.25, 0.3) is 5.91 Å². The van der Waals surface area contributed by atoms with E-state index in [1.807, 2.05) is 18.2 Å². The van der Waals surface area contributed by atoms with E-state index in [4.69, 9.17) is 11.2 Å². The quantitative estimate of drug-likeness (QED) is 0.542. The van der Waals surface area contributed by atoms with Crippen molar-refractivity contribution in [1.82, 2.24) is 20.5 Å². The molecule has 2 saturated heterocycles. The number of aromatic amines is 1. The SMILES string of the molecule is C#C[C@H](C[C@@H]1CCNC1=O)NC(=O)C1CC2(CCCCC2)CN1C(=O)c1cc2c(OC)cccc2[nH]1. The zero-order valence-corrected chi connectivity index (χ0v) is 20.8. The van der Waals surface area contributed by atoms with Gasteiger partial charge in [-0.25, -0.2) is 0 Å². The molecule has 3 amide bonds. The number of nitrogens with zero attached hydrogens (tertiary/aromatic N) is 1. The molecule has 1 unspecified atom stereocenters. The van der Waals surface area contributed by atoms with Gasteiger partial charge in [-0.05, 0) is 55.7 Å². The van der Waals surface area contributed by atoms with E-state index in [1.54, 1.807) is 18.1 Å². The van der Waals surface area contributed by atoms with Crippen molar-refractivity contribution in [3.8, 4) is 18.1 Å². The third-order valence-corrected chi connectivity index (χ3v) is 8.26. The Kier molecular flexibility index (Phi) is 6.65. The minimum Gasteiger partial charge on any atom is -0.496 e. The highest BCUT2D eigenvalue weighted by molar-refractivity contribution is 6.02. The molecule has 0 bridgehead atoms. The maximum absolute atomic E-state index is 13.8. The molecule has 3 aliphatic rings. The Hall–Kier alpha value is -3.47. The Morgan fingerprint density at radius 1 is 1.31 bits per heavy atom. The third kappa shape index (κ3) is 4.55. The number of rotatable bonds is 6. The van der Waals surface area contributed by atoms with E-state index in [9.17, 15) is 14.4 Å². The van der Waals surface area contributed by atoms with E-state index < -0.39 is 12.1 Å². The molecule has 1 aliphatic carbocycles. The van der Waals surface area contributed by atoms with E-state index in [0.717, 1.165) is 36.6 Å². The van der Waals surface area contributed by atoms with Crippen molar-refractivity contribution >= 4 is 28.6 Å². The van der Waals surface area contributed by atoms with Crippen molar-refractivity contribution in [3.63, 3.8) is 0 Å². The molecule has 1 aromatic heterocycles. The van der Waals surface area contributed by atoms with Gasteiger partial charge < -0.3 is 25.3 Å². The summed E-state index contributed by atoms with van der Waals surface area (Å²) in [6.45, 7) is 1.19. The van der Waals surface area contributed by atoms with E-state index in [2.05, 4.69) is 21.5 Å². The second kappa shape index (κ2) is 9.88. The van der Waals surface area contributed by atoms with Crippen LogP contribution in [0.3, 0.4) is 0 Å². The average molecular weight is 491 g/mol. The second-order valence-electron chi connectivity index (χ2n) is 10.6. The average Bonchev–Trinajstić information content (AvgIpc) is 3.60. The molecule has 190 valence electrons. The van der Waals surface area contributed by atoms with Crippen molar-refractivity contribution in [2.75, 3.05) is 20.2 Å². The number of fused-ring (bicyclic) bond motifs is 1.